The lowest BCUT2D eigenvalue weighted by molar-refractivity contribution is 0.469. The predicted octanol–water partition coefficient (Wildman–Crippen LogP) is 7.60. The third-order valence-corrected chi connectivity index (χ3v) is 6.02. The van der Waals surface area contributed by atoms with Crippen LogP contribution < -0.4 is 0 Å². The summed E-state index contributed by atoms with van der Waals surface area (Å²) in [7, 11) is 0. The minimum absolute atomic E-state index is 0.300. The van der Waals surface area contributed by atoms with E-state index in [0.717, 1.165) is 28.7 Å². The molecule has 0 amide bonds. The van der Waals surface area contributed by atoms with E-state index in [9.17, 15) is 10.2 Å². The Hall–Kier alpha value is -1.96. The molecular weight excluding hydrogens is 344 g/mol. The van der Waals surface area contributed by atoms with Gasteiger partial charge in [-0.05, 0) is 79.6 Å². The first-order valence-electron chi connectivity index (χ1n) is 10.9. The molecule has 2 nitrogen and oxygen atoms in total. The molecule has 0 aliphatic rings. The Balaban J connectivity index is 2.25. The van der Waals surface area contributed by atoms with E-state index in [0.29, 0.717) is 17.4 Å². The normalized spacial score (nSPS) is 11.4. The molecule has 0 aliphatic heterocycles. The van der Waals surface area contributed by atoms with Crippen LogP contribution in [-0.2, 0) is 0 Å². The van der Waals surface area contributed by atoms with Gasteiger partial charge in [0.25, 0.3) is 0 Å². The topological polar surface area (TPSA) is 40.5 Å². The summed E-state index contributed by atoms with van der Waals surface area (Å²) in [6, 6.07) is 8.09. The lowest BCUT2D eigenvalue weighted by atomic mass is 9.81. The van der Waals surface area contributed by atoms with Gasteiger partial charge in [0, 0.05) is 5.92 Å². The first-order chi connectivity index (χ1) is 13.3. The minimum atomic E-state index is 0.300. The van der Waals surface area contributed by atoms with Crippen molar-refractivity contribution in [2.45, 2.75) is 91.9 Å². The van der Waals surface area contributed by atoms with Crippen molar-refractivity contribution in [1.29, 1.82) is 0 Å². The van der Waals surface area contributed by atoms with E-state index in [4.69, 9.17) is 0 Å². The van der Waals surface area contributed by atoms with Crippen molar-refractivity contribution in [1.82, 2.24) is 0 Å². The summed E-state index contributed by atoms with van der Waals surface area (Å²) in [6.45, 7) is 10.4. The van der Waals surface area contributed by atoms with E-state index in [1.54, 1.807) is 0 Å². The number of hydrogen-bond donors (Lipinski definition) is 2. The molecule has 28 heavy (non-hydrogen) atoms. The van der Waals surface area contributed by atoms with Gasteiger partial charge < -0.3 is 10.2 Å². The molecule has 0 aliphatic carbocycles. The van der Waals surface area contributed by atoms with Gasteiger partial charge in [-0.25, -0.2) is 0 Å². The Kier molecular flexibility index (Phi) is 8.41. The number of unbranched alkanes of at least 4 members (excludes halogenated alkanes) is 6. The van der Waals surface area contributed by atoms with E-state index >= 15 is 0 Å². The average molecular weight is 383 g/mol. The molecule has 0 heterocycles. The van der Waals surface area contributed by atoms with Gasteiger partial charge in [0.1, 0.15) is 11.5 Å². The molecule has 2 aromatic carbocycles. The zero-order chi connectivity index (χ0) is 20.7. The maximum Gasteiger partial charge on any atom is 0.118 e. The van der Waals surface area contributed by atoms with Gasteiger partial charge >= 0.3 is 0 Å². The molecule has 0 spiro atoms. The third-order valence-electron chi connectivity index (χ3n) is 6.02. The molecule has 2 N–H and O–H groups in total. The fraction of sp³-hybridized carbons (Fsp3) is 0.538. The third kappa shape index (κ3) is 5.77. The molecule has 2 rings (SSSR count). The smallest absolute Gasteiger partial charge is 0.118 e. The molecule has 0 fully saturated rings. The van der Waals surface area contributed by atoms with Gasteiger partial charge in [-0.2, -0.15) is 0 Å². The second kappa shape index (κ2) is 10.5. The van der Waals surface area contributed by atoms with E-state index < -0.39 is 0 Å². The second-order valence-electron chi connectivity index (χ2n) is 8.45. The molecule has 154 valence electrons. The number of aromatic hydroxyl groups is 2. The van der Waals surface area contributed by atoms with E-state index in [-0.39, 0.29) is 0 Å². The van der Waals surface area contributed by atoms with Crippen LogP contribution in [0.2, 0.25) is 0 Å². The highest BCUT2D eigenvalue weighted by molar-refractivity contribution is 5.49. The summed E-state index contributed by atoms with van der Waals surface area (Å²) in [5.74, 6) is 1.04. The van der Waals surface area contributed by atoms with Crippen LogP contribution in [0.1, 0.15) is 97.6 Å². The lowest BCUT2D eigenvalue weighted by Crippen LogP contribution is -2.07. The van der Waals surface area contributed by atoms with Crippen molar-refractivity contribution >= 4 is 0 Å². The van der Waals surface area contributed by atoms with Crippen molar-refractivity contribution in [2.75, 3.05) is 0 Å². The van der Waals surface area contributed by atoms with Gasteiger partial charge in [0.05, 0.1) is 0 Å². The second-order valence-corrected chi connectivity index (χ2v) is 8.45. The number of rotatable bonds is 10. The molecule has 0 bridgehead atoms. The average Bonchev–Trinajstić information content (AvgIpc) is 2.64. The molecule has 0 saturated carbocycles. The van der Waals surface area contributed by atoms with Crippen molar-refractivity contribution < 1.29 is 10.2 Å². The van der Waals surface area contributed by atoms with E-state index in [1.807, 2.05) is 26.0 Å². The number of hydrogen-bond acceptors (Lipinski definition) is 2. The Morgan fingerprint density at radius 1 is 0.607 bits per heavy atom. The maximum absolute atomic E-state index is 10.1. The van der Waals surface area contributed by atoms with Crippen LogP contribution in [0.15, 0.2) is 24.3 Å². The lowest BCUT2D eigenvalue weighted by Gasteiger charge is -2.24. The Labute approximate surface area is 171 Å². The van der Waals surface area contributed by atoms with Gasteiger partial charge in [0.15, 0.2) is 0 Å². The summed E-state index contributed by atoms with van der Waals surface area (Å²) >= 11 is 0. The highest BCUT2D eigenvalue weighted by Crippen LogP contribution is 2.38. The number of benzene rings is 2. The largest absolute Gasteiger partial charge is 0.508 e. The van der Waals surface area contributed by atoms with Crippen LogP contribution in [0.3, 0.4) is 0 Å². The first-order valence-corrected chi connectivity index (χ1v) is 10.9. The summed E-state index contributed by atoms with van der Waals surface area (Å²) in [4.78, 5) is 0. The summed E-state index contributed by atoms with van der Waals surface area (Å²) in [5, 5.41) is 20.2. The summed E-state index contributed by atoms with van der Waals surface area (Å²) in [5.41, 5.74) is 6.74. The van der Waals surface area contributed by atoms with E-state index in [1.165, 1.54) is 56.1 Å². The number of phenols is 2. The fourth-order valence-corrected chi connectivity index (χ4v) is 4.18. The molecule has 2 heteroatoms. The molecular formula is C26H38O2. The number of aryl methyl sites for hydroxylation is 4. The highest BCUT2D eigenvalue weighted by atomic mass is 16.3. The maximum atomic E-state index is 10.1. The predicted molar refractivity (Wildman–Crippen MR) is 120 cm³/mol. The van der Waals surface area contributed by atoms with Crippen LogP contribution in [-0.4, -0.2) is 10.2 Å². The summed E-state index contributed by atoms with van der Waals surface area (Å²) in [6.07, 6.45) is 10.2. The molecule has 0 aromatic heterocycles. The fourth-order valence-electron chi connectivity index (χ4n) is 4.18. The minimum Gasteiger partial charge on any atom is -0.508 e. The molecule has 0 unspecified atom stereocenters. The van der Waals surface area contributed by atoms with Crippen LogP contribution in [0.4, 0.5) is 0 Å². The van der Waals surface area contributed by atoms with Crippen LogP contribution in [0.25, 0.3) is 0 Å². The van der Waals surface area contributed by atoms with Crippen LogP contribution >= 0.6 is 0 Å². The van der Waals surface area contributed by atoms with Crippen molar-refractivity contribution in [3.8, 4) is 11.5 Å². The van der Waals surface area contributed by atoms with Crippen LogP contribution in [0, 0.1) is 27.7 Å². The Bertz CT molecular complexity index is 719. The first kappa shape index (κ1) is 22.3. The van der Waals surface area contributed by atoms with E-state index in [2.05, 4.69) is 32.9 Å². The highest BCUT2D eigenvalue weighted by Gasteiger charge is 2.20. The van der Waals surface area contributed by atoms with Gasteiger partial charge in [-0.3, -0.25) is 0 Å². The zero-order valence-electron chi connectivity index (χ0n) is 18.4. The summed E-state index contributed by atoms with van der Waals surface area (Å²) < 4.78 is 0. The molecule has 2 aromatic rings. The monoisotopic (exact) mass is 382 g/mol. The Morgan fingerprint density at radius 2 is 1.04 bits per heavy atom. The van der Waals surface area contributed by atoms with Crippen molar-refractivity contribution in [2.24, 2.45) is 0 Å². The zero-order valence-corrected chi connectivity index (χ0v) is 18.4. The van der Waals surface area contributed by atoms with Gasteiger partial charge in [-0.1, -0.05) is 64.0 Å². The standard InChI is InChI=1S/C26H38O2/c1-6-7-8-9-10-11-12-13-22(23-14-20(4)25(27)16-18(23)2)24-15-21(5)26(28)17-19(24)3/h14-17,22,27-28H,6-13H2,1-5H3. The molecule has 0 radical (unpaired) electrons. The van der Waals surface area contributed by atoms with Crippen molar-refractivity contribution in [3.63, 3.8) is 0 Å². The Morgan fingerprint density at radius 3 is 1.50 bits per heavy atom. The number of phenolic OH excluding ortho intramolecular Hbond substituents is 2. The SMILES string of the molecule is CCCCCCCCCC(c1cc(C)c(O)cc1C)c1cc(C)c(O)cc1C. The van der Waals surface area contributed by atoms with Gasteiger partial charge in [-0.15, -0.1) is 0 Å². The molecule has 0 saturated heterocycles. The quantitative estimate of drug-likeness (QED) is 0.415. The molecule has 0 atom stereocenters. The van der Waals surface area contributed by atoms with Gasteiger partial charge in [0.2, 0.25) is 0 Å². The van der Waals surface area contributed by atoms with Crippen LogP contribution in [0.5, 0.6) is 11.5 Å². The van der Waals surface area contributed by atoms with Crippen molar-refractivity contribution in [3.05, 3.63) is 57.6 Å².